The van der Waals surface area contributed by atoms with E-state index in [0.29, 0.717) is 24.7 Å². The highest BCUT2D eigenvalue weighted by Gasteiger charge is 2.36. The highest BCUT2D eigenvalue weighted by Crippen LogP contribution is 2.42. The highest BCUT2D eigenvalue weighted by molar-refractivity contribution is 5.79. The molecule has 2 unspecified atom stereocenters. The summed E-state index contributed by atoms with van der Waals surface area (Å²) in [6.07, 6.45) is 14.9. The van der Waals surface area contributed by atoms with Crippen molar-refractivity contribution in [2.24, 2.45) is 29.1 Å². The van der Waals surface area contributed by atoms with Crippen molar-refractivity contribution in [3.63, 3.8) is 0 Å². The van der Waals surface area contributed by atoms with E-state index in [9.17, 15) is 19.8 Å². The van der Waals surface area contributed by atoms with Gasteiger partial charge < -0.3 is 19.8 Å². The van der Waals surface area contributed by atoms with Gasteiger partial charge in [0.1, 0.15) is 0 Å². The molecule has 0 saturated heterocycles. The molecule has 2 rings (SSSR count). The summed E-state index contributed by atoms with van der Waals surface area (Å²) in [5.41, 5.74) is -1.29. The second-order valence-corrected chi connectivity index (χ2v) is 10.2. The van der Waals surface area contributed by atoms with Gasteiger partial charge in [-0.2, -0.15) is 0 Å². The molecule has 0 aromatic heterocycles. The van der Waals surface area contributed by atoms with E-state index in [4.69, 9.17) is 0 Å². The van der Waals surface area contributed by atoms with Crippen LogP contribution in [-0.2, 0) is 9.59 Å². The summed E-state index contributed by atoms with van der Waals surface area (Å²) in [5, 5.41) is 23.7. The molecule has 0 spiro atoms. The quantitative estimate of drug-likeness (QED) is 0.535. The van der Waals surface area contributed by atoms with Crippen LogP contribution in [0.4, 0.5) is 0 Å². The van der Waals surface area contributed by atoms with Crippen molar-refractivity contribution in [2.45, 2.75) is 110 Å². The summed E-state index contributed by atoms with van der Waals surface area (Å²) in [4.78, 5) is 23.7. The monoisotopic (exact) mass is 392 g/mol. The Balaban J connectivity index is 2.02. The largest absolute Gasteiger partial charge is 0.550 e. The lowest BCUT2D eigenvalue weighted by Gasteiger charge is -2.41. The minimum atomic E-state index is -1.29. The third kappa shape index (κ3) is 7.40. The third-order valence-corrected chi connectivity index (χ3v) is 7.32. The van der Waals surface area contributed by atoms with Crippen LogP contribution in [0, 0.1) is 29.1 Å². The van der Waals surface area contributed by atoms with Gasteiger partial charge in [0, 0.05) is 17.4 Å². The third-order valence-electron chi connectivity index (χ3n) is 7.32. The molecule has 2 aliphatic rings. The van der Waals surface area contributed by atoms with Gasteiger partial charge in [0.2, 0.25) is 0 Å². The van der Waals surface area contributed by atoms with Crippen molar-refractivity contribution in [1.82, 2.24) is 0 Å². The standard InChI is InChI=1S/C24H42O4/c1-18(13-20-9-5-3-6-10-20)15-24(23(27)28,17-22(25)26)16-19(2)14-21-11-7-4-8-12-21/h18-21H,3-17H2,1-2H3,(H,25,26)(H,27,28)/p-2. The van der Waals surface area contributed by atoms with Crippen molar-refractivity contribution in [2.75, 3.05) is 0 Å². The lowest BCUT2D eigenvalue weighted by Crippen LogP contribution is -2.48. The first-order valence-corrected chi connectivity index (χ1v) is 11.7. The zero-order chi connectivity index (χ0) is 20.6. The SMILES string of the molecule is CC(CC1CCCCC1)CC(CC(=O)[O-])(CC(C)CC1CCCCC1)C(=O)[O-]. The predicted molar refractivity (Wildman–Crippen MR) is 107 cm³/mol. The predicted octanol–water partition coefficient (Wildman–Crippen LogP) is 3.86. The summed E-state index contributed by atoms with van der Waals surface area (Å²) < 4.78 is 0. The Morgan fingerprint density at radius 3 is 1.50 bits per heavy atom. The Bertz CT molecular complexity index is 461. The van der Waals surface area contributed by atoms with Crippen molar-refractivity contribution in [3.8, 4) is 0 Å². The number of hydrogen-bond donors (Lipinski definition) is 0. The first-order valence-electron chi connectivity index (χ1n) is 11.7. The molecule has 4 heteroatoms. The Morgan fingerprint density at radius 2 is 1.18 bits per heavy atom. The van der Waals surface area contributed by atoms with Crippen molar-refractivity contribution in [1.29, 1.82) is 0 Å². The topological polar surface area (TPSA) is 80.3 Å². The van der Waals surface area contributed by atoms with Crippen LogP contribution >= 0.6 is 0 Å². The van der Waals surface area contributed by atoms with Crippen LogP contribution in [0.25, 0.3) is 0 Å². The average molecular weight is 393 g/mol. The molecule has 0 radical (unpaired) electrons. The molecule has 0 heterocycles. The summed E-state index contributed by atoms with van der Waals surface area (Å²) in [6.45, 7) is 4.18. The fourth-order valence-electron chi connectivity index (χ4n) is 6.23. The average Bonchev–Trinajstić information content (AvgIpc) is 2.62. The van der Waals surface area contributed by atoms with E-state index in [1.807, 2.05) is 0 Å². The fraction of sp³-hybridized carbons (Fsp3) is 0.917. The molecule has 0 aromatic carbocycles. The summed E-state index contributed by atoms with van der Waals surface area (Å²) in [7, 11) is 0. The number of hydrogen-bond acceptors (Lipinski definition) is 4. The minimum absolute atomic E-state index is 0.197. The Labute approximate surface area is 171 Å². The van der Waals surface area contributed by atoms with Gasteiger partial charge in [0.15, 0.2) is 0 Å². The van der Waals surface area contributed by atoms with E-state index in [0.717, 1.165) is 12.8 Å². The van der Waals surface area contributed by atoms with Crippen LogP contribution < -0.4 is 10.2 Å². The molecule has 4 nitrogen and oxygen atoms in total. The van der Waals surface area contributed by atoms with Crippen LogP contribution in [0.5, 0.6) is 0 Å². The van der Waals surface area contributed by atoms with Crippen LogP contribution in [0.2, 0.25) is 0 Å². The van der Waals surface area contributed by atoms with Crippen LogP contribution in [-0.4, -0.2) is 11.9 Å². The second-order valence-electron chi connectivity index (χ2n) is 10.2. The van der Waals surface area contributed by atoms with Gasteiger partial charge in [0.05, 0.1) is 0 Å². The van der Waals surface area contributed by atoms with E-state index in [2.05, 4.69) is 13.8 Å². The fourth-order valence-corrected chi connectivity index (χ4v) is 6.23. The van der Waals surface area contributed by atoms with E-state index in [1.54, 1.807) is 0 Å². The number of carbonyl (C=O) groups excluding carboxylic acids is 2. The van der Waals surface area contributed by atoms with E-state index in [-0.39, 0.29) is 11.8 Å². The van der Waals surface area contributed by atoms with Gasteiger partial charge >= 0.3 is 0 Å². The van der Waals surface area contributed by atoms with Crippen molar-refractivity contribution < 1.29 is 19.8 Å². The summed E-state index contributed by atoms with van der Waals surface area (Å²) >= 11 is 0. The molecule has 162 valence electrons. The Hall–Kier alpha value is -1.06. The number of carboxylic acid groups (broad SMARTS) is 2. The first kappa shape index (κ1) is 23.2. The van der Waals surface area contributed by atoms with Gasteiger partial charge in [0.25, 0.3) is 0 Å². The second kappa shape index (κ2) is 11.2. The highest BCUT2D eigenvalue weighted by atomic mass is 16.4. The van der Waals surface area contributed by atoms with Gasteiger partial charge in [-0.3, -0.25) is 0 Å². The van der Waals surface area contributed by atoms with E-state index < -0.39 is 23.8 Å². The zero-order valence-corrected chi connectivity index (χ0v) is 18.0. The lowest BCUT2D eigenvalue weighted by molar-refractivity contribution is -0.330. The van der Waals surface area contributed by atoms with E-state index >= 15 is 0 Å². The normalized spacial score (nSPS) is 23.6. The maximum atomic E-state index is 12.2. The lowest BCUT2D eigenvalue weighted by atomic mass is 9.68. The molecule has 28 heavy (non-hydrogen) atoms. The van der Waals surface area contributed by atoms with Crippen LogP contribution in [0.15, 0.2) is 0 Å². The number of carboxylic acids is 2. The smallest absolute Gasteiger partial charge is 0.0480 e. The molecule has 0 amide bonds. The minimum Gasteiger partial charge on any atom is -0.550 e. The molecule has 0 aromatic rings. The number of rotatable bonds is 11. The molecule has 2 aliphatic carbocycles. The van der Waals surface area contributed by atoms with Crippen molar-refractivity contribution in [3.05, 3.63) is 0 Å². The van der Waals surface area contributed by atoms with Gasteiger partial charge in [-0.15, -0.1) is 0 Å². The number of aliphatic carboxylic acids is 2. The molecule has 2 atom stereocenters. The number of carbonyl (C=O) groups is 2. The van der Waals surface area contributed by atoms with Gasteiger partial charge in [-0.05, 0) is 55.8 Å². The molecule has 0 N–H and O–H groups in total. The Morgan fingerprint density at radius 1 is 0.786 bits per heavy atom. The molecule has 2 fully saturated rings. The van der Waals surface area contributed by atoms with Crippen LogP contribution in [0.3, 0.4) is 0 Å². The molecular weight excluding hydrogens is 352 g/mol. The summed E-state index contributed by atoms with van der Waals surface area (Å²) in [6, 6.07) is 0. The maximum absolute atomic E-state index is 12.2. The molecular formula is C24H40O4-2. The van der Waals surface area contributed by atoms with Crippen LogP contribution in [0.1, 0.15) is 110 Å². The van der Waals surface area contributed by atoms with Gasteiger partial charge in [-0.25, -0.2) is 0 Å². The van der Waals surface area contributed by atoms with E-state index in [1.165, 1.54) is 64.2 Å². The Kier molecular flexibility index (Phi) is 9.30. The molecule has 2 saturated carbocycles. The maximum Gasteiger partial charge on any atom is 0.0480 e. The molecule has 0 aliphatic heterocycles. The first-order chi connectivity index (χ1) is 13.3. The summed E-state index contributed by atoms with van der Waals surface area (Å²) in [5.74, 6) is -0.747. The zero-order valence-electron chi connectivity index (χ0n) is 18.0. The van der Waals surface area contributed by atoms with Gasteiger partial charge in [-0.1, -0.05) is 78.1 Å². The molecule has 0 bridgehead atoms. The van der Waals surface area contributed by atoms with Crippen molar-refractivity contribution >= 4 is 11.9 Å².